The first-order valence-electron chi connectivity index (χ1n) is 8.27. The van der Waals surface area contributed by atoms with Gasteiger partial charge < -0.3 is 15.3 Å². The molecule has 134 valence electrons. The molecule has 1 aromatic rings. The standard InChI is InChI=1S/C17H20ClN3O4/c1-10(16(23)24)9-21(12-3-4-12)15(22)11-2-5-13(18)14(8-11)20-7-6-19-17(20)25/h2,5,8,10,12H,3-4,6-7,9H2,1H3,(H,19,25)(H,23,24). The molecule has 1 atom stereocenters. The fourth-order valence-electron chi connectivity index (χ4n) is 2.88. The molecule has 1 aliphatic carbocycles. The first kappa shape index (κ1) is 17.5. The van der Waals surface area contributed by atoms with Crippen molar-refractivity contribution in [3.8, 4) is 0 Å². The highest BCUT2D eigenvalue weighted by Crippen LogP contribution is 2.32. The number of aliphatic carboxylic acids is 1. The van der Waals surface area contributed by atoms with Gasteiger partial charge >= 0.3 is 12.0 Å². The number of hydrogen-bond donors (Lipinski definition) is 2. The predicted molar refractivity (Wildman–Crippen MR) is 93.1 cm³/mol. The minimum absolute atomic E-state index is 0.0866. The van der Waals surface area contributed by atoms with Gasteiger partial charge in [0.15, 0.2) is 0 Å². The zero-order valence-corrected chi connectivity index (χ0v) is 14.6. The molecule has 1 saturated carbocycles. The number of benzene rings is 1. The quantitative estimate of drug-likeness (QED) is 0.808. The molecule has 3 amide bonds. The van der Waals surface area contributed by atoms with Gasteiger partial charge in [-0.2, -0.15) is 0 Å². The van der Waals surface area contributed by atoms with E-state index in [1.165, 1.54) is 4.90 Å². The molecule has 0 spiro atoms. The van der Waals surface area contributed by atoms with Crippen molar-refractivity contribution in [2.45, 2.75) is 25.8 Å². The normalized spacial score (nSPS) is 18.0. The molecule has 1 aliphatic heterocycles. The zero-order valence-electron chi connectivity index (χ0n) is 13.9. The van der Waals surface area contributed by atoms with Crippen LogP contribution in [0.3, 0.4) is 0 Å². The molecule has 25 heavy (non-hydrogen) atoms. The number of hydrogen-bond acceptors (Lipinski definition) is 3. The lowest BCUT2D eigenvalue weighted by Crippen LogP contribution is -2.38. The van der Waals surface area contributed by atoms with Gasteiger partial charge in [0.1, 0.15) is 0 Å². The smallest absolute Gasteiger partial charge is 0.322 e. The molecule has 0 aromatic heterocycles. The summed E-state index contributed by atoms with van der Waals surface area (Å²) in [6.45, 7) is 2.77. The summed E-state index contributed by atoms with van der Waals surface area (Å²) in [6, 6.07) is 4.66. The van der Waals surface area contributed by atoms with E-state index in [0.717, 1.165) is 12.8 Å². The van der Waals surface area contributed by atoms with Gasteiger partial charge in [0.25, 0.3) is 5.91 Å². The Hall–Kier alpha value is -2.28. The number of amides is 3. The fraction of sp³-hybridized carbons (Fsp3) is 0.471. The van der Waals surface area contributed by atoms with Crippen molar-refractivity contribution in [2.24, 2.45) is 5.92 Å². The molecule has 1 aromatic carbocycles. The third-order valence-electron chi connectivity index (χ3n) is 4.48. The molecule has 1 heterocycles. The molecule has 2 fully saturated rings. The van der Waals surface area contributed by atoms with Crippen LogP contribution in [0.15, 0.2) is 18.2 Å². The van der Waals surface area contributed by atoms with E-state index < -0.39 is 11.9 Å². The molecule has 0 radical (unpaired) electrons. The Morgan fingerprint density at radius 1 is 1.44 bits per heavy atom. The lowest BCUT2D eigenvalue weighted by atomic mass is 10.1. The van der Waals surface area contributed by atoms with Crippen molar-refractivity contribution >= 4 is 35.2 Å². The van der Waals surface area contributed by atoms with E-state index in [0.29, 0.717) is 29.4 Å². The van der Waals surface area contributed by atoms with Gasteiger partial charge in [-0.1, -0.05) is 18.5 Å². The Bertz CT molecular complexity index is 720. The number of nitrogens with zero attached hydrogens (tertiary/aromatic N) is 2. The molecule has 7 nitrogen and oxygen atoms in total. The number of carboxylic acid groups (broad SMARTS) is 1. The lowest BCUT2D eigenvalue weighted by Gasteiger charge is -2.25. The Labute approximate surface area is 150 Å². The van der Waals surface area contributed by atoms with Crippen molar-refractivity contribution in [3.63, 3.8) is 0 Å². The third kappa shape index (κ3) is 3.71. The molecule has 8 heteroatoms. The molecule has 0 bridgehead atoms. The van der Waals surface area contributed by atoms with Gasteiger partial charge in [-0.05, 0) is 31.0 Å². The van der Waals surface area contributed by atoms with E-state index in [9.17, 15) is 14.4 Å². The summed E-state index contributed by atoms with van der Waals surface area (Å²) in [4.78, 5) is 39.1. The van der Waals surface area contributed by atoms with Crippen LogP contribution >= 0.6 is 11.6 Å². The van der Waals surface area contributed by atoms with Gasteiger partial charge in [-0.15, -0.1) is 0 Å². The number of nitrogens with one attached hydrogen (secondary N) is 1. The average molecular weight is 366 g/mol. The Morgan fingerprint density at radius 3 is 2.72 bits per heavy atom. The highest BCUT2D eigenvalue weighted by molar-refractivity contribution is 6.34. The summed E-state index contributed by atoms with van der Waals surface area (Å²) in [5.74, 6) is -1.79. The second kappa shape index (κ2) is 6.92. The number of carboxylic acids is 1. The van der Waals surface area contributed by atoms with Gasteiger partial charge in [-0.3, -0.25) is 14.5 Å². The zero-order chi connectivity index (χ0) is 18.1. The number of anilines is 1. The monoisotopic (exact) mass is 365 g/mol. The number of rotatable bonds is 6. The molecule has 1 unspecified atom stereocenters. The number of urea groups is 1. The van der Waals surface area contributed by atoms with E-state index in [1.54, 1.807) is 30.0 Å². The van der Waals surface area contributed by atoms with Crippen LogP contribution in [0.5, 0.6) is 0 Å². The van der Waals surface area contributed by atoms with Crippen LogP contribution in [0.25, 0.3) is 0 Å². The maximum atomic E-state index is 12.9. The summed E-state index contributed by atoms with van der Waals surface area (Å²) < 4.78 is 0. The Balaban J connectivity index is 1.85. The van der Waals surface area contributed by atoms with Crippen LogP contribution in [0.1, 0.15) is 30.1 Å². The van der Waals surface area contributed by atoms with Crippen LogP contribution in [0.2, 0.25) is 5.02 Å². The van der Waals surface area contributed by atoms with Gasteiger partial charge in [0, 0.05) is 31.2 Å². The average Bonchev–Trinajstić information content (AvgIpc) is 3.33. The topological polar surface area (TPSA) is 90.0 Å². The summed E-state index contributed by atoms with van der Waals surface area (Å²) in [5.41, 5.74) is 0.896. The summed E-state index contributed by atoms with van der Waals surface area (Å²) in [6.07, 6.45) is 1.76. The highest BCUT2D eigenvalue weighted by Gasteiger charge is 2.35. The lowest BCUT2D eigenvalue weighted by molar-refractivity contribution is -0.141. The first-order chi connectivity index (χ1) is 11.9. The molecule has 1 saturated heterocycles. The molecule has 3 rings (SSSR count). The minimum Gasteiger partial charge on any atom is -0.481 e. The van der Waals surface area contributed by atoms with Crippen molar-refractivity contribution in [3.05, 3.63) is 28.8 Å². The maximum absolute atomic E-state index is 12.9. The van der Waals surface area contributed by atoms with Gasteiger partial charge in [-0.25, -0.2) is 4.79 Å². The molecular weight excluding hydrogens is 346 g/mol. The van der Waals surface area contributed by atoms with Crippen LogP contribution in [-0.4, -0.2) is 53.6 Å². The van der Waals surface area contributed by atoms with E-state index in [-0.39, 0.29) is 24.5 Å². The summed E-state index contributed by atoms with van der Waals surface area (Å²) in [5, 5.41) is 12.2. The van der Waals surface area contributed by atoms with E-state index in [2.05, 4.69) is 5.32 Å². The number of carbonyl (C=O) groups excluding carboxylic acids is 2. The van der Waals surface area contributed by atoms with E-state index >= 15 is 0 Å². The third-order valence-corrected chi connectivity index (χ3v) is 4.80. The molecule has 2 aliphatic rings. The molecule has 2 N–H and O–H groups in total. The maximum Gasteiger partial charge on any atom is 0.322 e. The van der Waals surface area contributed by atoms with Crippen molar-refractivity contribution in [2.75, 3.05) is 24.5 Å². The van der Waals surface area contributed by atoms with Crippen LogP contribution < -0.4 is 10.2 Å². The van der Waals surface area contributed by atoms with Crippen molar-refractivity contribution in [1.82, 2.24) is 10.2 Å². The van der Waals surface area contributed by atoms with Crippen LogP contribution in [-0.2, 0) is 4.79 Å². The second-order valence-electron chi connectivity index (χ2n) is 6.48. The minimum atomic E-state index is -0.927. The SMILES string of the molecule is CC(CN(C(=O)c1ccc(Cl)c(N2CCNC2=O)c1)C1CC1)C(=O)O. The van der Waals surface area contributed by atoms with Crippen molar-refractivity contribution in [1.29, 1.82) is 0 Å². The Morgan fingerprint density at radius 2 is 2.16 bits per heavy atom. The Kier molecular flexibility index (Phi) is 4.85. The van der Waals surface area contributed by atoms with Crippen LogP contribution in [0, 0.1) is 5.92 Å². The first-order valence-corrected chi connectivity index (χ1v) is 8.65. The van der Waals surface area contributed by atoms with Gasteiger partial charge in [0.2, 0.25) is 0 Å². The van der Waals surface area contributed by atoms with E-state index in [4.69, 9.17) is 16.7 Å². The largest absolute Gasteiger partial charge is 0.481 e. The van der Waals surface area contributed by atoms with Gasteiger partial charge in [0.05, 0.1) is 16.6 Å². The highest BCUT2D eigenvalue weighted by atomic mass is 35.5. The fourth-order valence-corrected chi connectivity index (χ4v) is 3.10. The van der Waals surface area contributed by atoms with Crippen LogP contribution in [0.4, 0.5) is 10.5 Å². The second-order valence-corrected chi connectivity index (χ2v) is 6.88. The number of halogens is 1. The molecular formula is C17H20ClN3O4. The number of carbonyl (C=O) groups is 3. The summed E-state index contributed by atoms with van der Waals surface area (Å²) in [7, 11) is 0. The van der Waals surface area contributed by atoms with Crippen molar-refractivity contribution < 1.29 is 19.5 Å². The summed E-state index contributed by atoms with van der Waals surface area (Å²) >= 11 is 6.20. The van der Waals surface area contributed by atoms with E-state index in [1.807, 2.05) is 0 Å². The predicted octanol–water partition coefficient (Wildman–Crippen LogP) is 2.19.